The molecule has 0 saturated carbocycles. The number of aliphatic hydroxyl groups is 1. The lowest BCUT2D eigenvalue weighted by atomic mass is 9.97. The van der Waals surface area contributed by atoms with E-state index in [0.29, 0.717) is 29.4 Å². The third-order valence-electron chi connectivity index (χ3n) is 3.39. The van der Waals surface area contributed by atoms with Gasteiger partial charge in [-0.15, -0.1) is 11.3 Å². The van der Waals surface area contributed by atoms with Crippen LogP contribution >= 0.6 is 11.3 Å². The number of aromatic nitrogens is 3. The van der Waals surface area contributed by atoms with Crippen LogP contribution in [-0.4, -0.2) is 38.1 Å². The number of rotatable bonds is 6. The minimum atomic E-state index is -0.864. The van der Waals surface area contributed by atoms with Gasteiger partial charge in [0.15, 0.2) is 10.8 Å². The van der Waals surface area contributed by atoms with Gasteiger partial charge in [0, 0.05) is 24.3 Å². The lowest BCUT2D eigenvalue weighted by Crippen LogP contribution is -2.42. The lowest BCUT2D eigenvalue weighted by Gasteiger charge is -2.25. The maximum absolute atomic E-state index is 12.0. The Bertz CT molecular complexity index is 596. The van der Waals surface area contributed by atoms with Crippen LogP contribution in [0.4, 0.5) is 0 Å². The Labute approximate surface area is 127 Å². The van der Waals surface area contributed by atoms with Crippen LogP contribution in [0.5, 0.6) is 0 Å². The van der Waals surface area contributed by atoms with E-state index in [-0.39, 0.29) is 12.5 Å². The molecule has 0 unspecified atom stereocenters. The minimum absolute atomic E-state index is 0.216. The molecule has 0 aromatic carbocycles. The molecule has 6 nitrogen and oxygen atoms in total. The Hall–Kier alpha value is -1.86. The summed E-state index contributed by atoms with van der Waals surface area (Å²) in [7, 11) is 0. The average molecular weight is 306 g/mol. The summed E-state index contributed by atoms with van der Waals surface area (Å²) in [5, 5.41) is 15.1. The highest BCUT2D eigenvalue weighted by molar-refractivity contribution is 7.13. The SMILES string of the molecule is CCC(O)(CC)CNC(=O)c1csc(-c2ncccn2)n1. The van der Waals surface area contributed by atoms with Crippen LogP contribution in [0, 0.1) is 0 Å². The number of hydrogen-bond acceptors (Lipinski definition) is 6. The third kappa shape index (κ3) is 3.83. The first kappa shape index (κ1) is 15.5. The molecule has 21 heavy (non-hydrogen) atoms. The van der Waals surface area contributed by atoms with Crippen LogP contribution in [0.15, 0.2) is 23.8 Å². The number of carbonyl (C=O) groups excluding carboxylic acids is 1. The first-order valence-electron chi connectivity index (χ1n) is 6.81. The normalized spacial score (nSPS) is 11.4. The van der Waals surface area contributed by atoms with E-state index < -0.39 is 5.60 Å². The molecular formula is C14H18N4O2S. The van der Waals surface area contributed by atoms with Crippen LogP contribution in [0.2, 0.25) is 0 Å². The molecule has 2 rings (SSSR count). The molecule has 2 aromatic rings. The summed E-state index contributed by atoms with van der Waals surface area (Å²) in [5.74, 6) is 0.203. The predicted molar refractivity (Wildman–Crippen MR) is 81.0 cm³/mol. The number of thiazole rings is 1. The molecule has 0 aliphatic carbocycles. The molecule has 0 aliphatic rings. The molecule has 112 valence electrons. The van der Waals surface area contributed by atoms with Gasteiger partial charge in [-0.25, -0.2) is 15.0 Å². The van der Waals surface area contributed by atoms with Gasteiger partial charge < -0.3 is 10.4 Å². The van der Waals surface area contributed by atoms with Crippen LogP contribution in [0.25, 0.3) is 10.8 Å². The highest BCUT2D eigenvalue weighted by Crippen LogP contribution is 2.19. The molecule has 0 bridgehead atoms. The van der Waals surface area contributed by atoms with Crippen molar-refractivity contribution in [2.24, 2.45) is 0 Å². The Morgan fingerprint density at radius 1 is 1.33 bits per heavy atom. The Kier molecular flexibility index (Phi) is 4.98. The summed E-state index contributed by atoms with van der Waals surface area (Å²) < 4.78 is 0. The smallest absolute Gasteiger partial charge is 0.270 e. The van der Waals surface area contributed by atoms with Gasteiger partial charge in [-0.05, 0) is 18.9 Å². The van der Waals surface area contributed by atoms with Crippen LogP contribution < -0.4 is 5.32 Å². The number of carbonyl (C=O) groups is 1. The topological polar surface area (TPSA) is 88.0 Å². The van der Waals surface area contributed by atoms with Crippen molar-refractivity contribution in [1.82, 2.24) is 20.3 Å². The van der Waals surface area contributed by atoms with Crippen molar-refractivity contribution < 1.29 is 9.90 Å². The molecule has 0 saturated heterocycles. The quantitative estimate of drug-likeness (QED) is 0.850. The number of nitrogens with zero attached hydrogens (tertiary/aromatic N) is 3. The van der Waals surface area contributed by atoms with Gasteiger partial charge in [0.25, 0.3) is 5.91 Å². The Morgan fingerprint density at radius 3 is 2.62 bits per heavy atom. The van der Waals surface area contributed by atoms with E-state index in [1.54, 1.807) is 23.8 Å². The van der Waals surface area contributed by atoms with E-state index in [1.807, 2.05) is 13.8 Å². The van der Waals surface area contributed by atoms with Crippen molar-refractivity contribution >= 4 is 17.2 Å². The van der Waals surface area contributed by atoms with Crippen molar-refractivity contribution in [3.63, 3.8) is 0 Å². The first-order chi connectivity index (χ1) is 10.1. The highest BCUT2D eigenvalue weighted by atomic mass is 32.1. The maximum Gasteiger partial charge on any atom is 0.270 e. The van der Waals surface area contributed by atoms with E-state index in [4.69, 9.17) is 0 Å². The standard InChI is InChI=1S/C14H18N4O2S/c1-3-14(20,4-2)9-17-12(19)10-8-21-13(18-10)11-15-6-5-7-16-11/h5-8,20H,3-4,9H2,1-2H3,(H,17,19). The second-order valence-corrected chi connectivity index (χ2v) is 5.58. The van der Waals surface area contributed by atoms with Crippen LogP contribution in [0.3, 0.4) is 0 Å². The van der Waals surface area contributed by atoms with Gasteiger partial charge in [-0.3, -0.25) is 4.79 Å². The molecule has 7 heteroatoms. The van der Waals surface area contributed by atoms with Crippen molar-refractivity contribution in [3.8, 4) is 10.8 Å². The van der Waals surface area contributed by atoms with Gasteiger partial charge in [-0.2, -0.15) is 0 Å². The Morgan fingerprint density at radius 2 is 2.00 bits per heavy atom. The average Bonchev–Trinajstić information content (AvgIpc) is 3.03. The van der Waals surface area contributed by atoms with E-state index in [2.05, 4.69) is 20.3 Å². The summed E-state index contributed by atoms with van der Waals surface area (Å²) in [6.07, 6.45) is 4.44. The zero-order valence-corrected chi connectivity index (χ0v) is 12.9. The summed E-state index contributed by atoms with van der Waals surface area (Å²) in [6.45, 7) is 4.00. The van der Waals surface area contributed by atoms with Crippen molar-refractivity contribution in [2.45, 2.75) is 32.3 Å². The predicted octanol–water partition coefficient (Wildman–Crippen LogP) is 1.88. The third-order valence-corrected chi connectivity index (χ3v) is 4.23. The minimum Gasteiger partial charge on any atom is -0.388 e. The van der Waals surface area contributed by atoms with Gasteiger partial charge in [0.1, 0.15) is 5.69 Å². The molecule has 2 N–H and O–H groups in total. The number of hydrogen-bond donors (Lipinski definition) is 2. The van der Waals surface area contributed by atoms with Crippen molar-refractivity contribution in [3.05, 3.63) is 29.5 Å². The molecule has 0 aliphatic heterocycles. The van der Waals surface area contributed by atoms with Crippen LogP contribution in [0.1, 0.15) is 37.2 Å². The second-order valence-electron chi connectivity index (χ2n) is 4.72. The number of nitrogens with one attached hydrogen (secondary N) is 1. The molecule has 0 atom stereocenters. The summed E-state index contributed by atoms with van der Waals surface area (Å²) in [4.78, 5) is 24.5. The van der Waals surface area contributed by atoms with Gasteiger partial charge in [0.05, 0.1) is 5.60 Å². The van der Waals surface area contributed by atoms with Crippen molar-refractivity contribution in [1.29, 1.82) is 0 Å². The first-order valence-corrected chi connectivity index (χ1v) is 7.69. The fourth-order valence-corrected chi connectivity index (χ4v) is 2.47. The van der Waals surface area contributed by atoms with Crippen LogP contribution in [-0.2, 0) is 0 Å². The monoisotopic (exact) mass is 306 g/mol. The fourth-order valence-electron chi connectivity index (χ4n) is 1.73. The number of amides is 1. The summed E-state index contributed by atoms with van der Waals surface area (Å²) in [5.41, 5.74) is -0.547. The summed E-state index contributed by atoms with van der Waals surface area (Å²) in [6, 6.07) is 1.72. The second kappa shape index (κ2) is 6.73. The molecule has 1 amide bonds. The van der Waals surface area contributed by atoms with E-state index in [1.165, 1.54) is 11.3 Å². The van der Waals surface area contributed by atoms with Gasteiger partial charge in [0.2, 0.25) is 0 Å². The lowest BCUT2D eigenvalue weighted by molar-refractivity contribution is 0.0313. The highest BCUT2D eigenvalue weighted by Gasteiger charge is 2.23. The zero-order valence-electron chi connectivity index (χ0n) is 12.0. The fraction of sp³-hybridized carbons (Fsp3) is 0.429. The molecule has 0 spiro atoms. The van der Waals surface area contributed by atoms with E-state index in [9.17, 15) is 9.90 Å². The molecule has 2 heterocycles. The summed E-state index contributed by atoms with van der Waals surface area (Å²) >= 11 is 1.32. The Balaban J connectivity index is 2.03. The molecular weight excluding hydrogens is 288 g/mol. The van der Waals surface area contributed by atoms with Gasteiger partial charge >= 0.3 is 0 Å². The van der Waals surface area contributed by atoms with Crippen molar-refractivity contribution in [2.75, 3.05) is 6.54 Å². The zero-order chi connectivity index (χ0) is 15.3. The molecule has 0 radical (unpaired) electrons. The van der Waals surface area contributed by atoms with Gasteiger partial charge in [-0.1, -0.05) is 13.8 Å². The largest absolute Gasteiger partial charge is 0.388 e. The maximum atomic E-state index is 12.0. The van der Waals surface area contributed by atoms with E-state index in [0.717, 1.165) is 0 Å². The van der Waals surface area contributed by atoms with E-state index >= 15 is 0 Å². The molecule has 0 fully saturated rings. The molecule has 2 aromatic heterocycles.